The van der Waals surface area contributed by atoms with Gasteiger partial charge in [0, 0.05) is 12.2 Å². The van der Waals surface area contributed by atoms with E-state index in [4.69, 9.17) is 10.2 Å². The first-order valence-electron chi connectivity index (χ1n) is 3.36. The molecule has 6 nitrogen and oxygen atoms in total. The summed E-state index contributed by atoms with van der Waals surface area (Å²) in [4.78, 5) is 22.8. The summed E-state index contributed by atoms with van der Waals surface area (Å²) in [5.41, 5.74) is 0. The van der Waals surface area contributed by atoms with Gasteiger partial charge in [0.1, 0.15) is 6.61 Å². The van der Waals surface area contributed by atoms with Crippen LogP contribution in [0.3, 0.4) is 0 Å². The van der Waals surface area contributed by atoms with E-state index in [2.05, 4.69) is 9.73 Å². The first kappa shape index (κ1) is 11.2. The van der Waals surface area contributed by atoms with E-state index in [1.807, 2.05) is 0 Å². The van der Waals surface area contributed by atoms with Crippen molar-refractivity contribution in [1.29, 1.82) is 0 Å². The molecule has 13 heavy (non-hydrogen) atoms. The first-order valence-corrected chi connectivity index (χ1v) is 3.36. The molecular formula is C7H9NO5. The van der Waals surface area contributed by atoms with Gasteiger partial charge < -0.3 is 14.9 Å². The molecule has 0 radical (unpaired) electrons. The van der Waals surface area contributed by atoms with E-state index in [1.54, 1.807) is 0 Å². The van der Waals surface area contributed by atoms with Crippen molar-refractivity contribution in [1.82, 2.24) is 0 Å². The van der Waals surface area contributed by atoms with E-state index < -0.39 is 11.9 Å². The van der Waals surface area contributed by atoms with E-state index >= 15 is 0 Å². The summed E-state index contributed by atoms with van der Waals surface area (Å²) in [5.74, 6) is -2.51. The number of aliphatic imine (C=N–C) groups is 1. The highest BCUT2D eigenvalue weighted by Gasteiger charge is 1.88. The second-order valence-electron chi connectivity index (χ2n) is 1.89. The quantitative estimate of drug-likeness (QED) is 0.581. The first-order chi connectivity index (χ1) is 6.13. The standard InChI is InChI=1S/C4H4O4.C3H5NO/c5-3(6)1-2-4(7)8;1-2-5-3-4-1/h1-2H,(H,5,6)(H,7,8);3H,1-2H2/b2-1-;. The lowest BCUT2D eigenvalue weighted by Crippen LogP contribution is -1.91. The number of hydrogen-bond donors (Lipinski definition) is 2. The molecule has 6 heteroatoms. The topological polar surface area (TPSA) is 96.2 Å². The molecule has 0 saturated carbocycles. The number of carbonyl (C=O) groups is 2. The van der Waals surface area contributed by atoms with E-state index in [0.29, 0.717) is 12.2 Å². The van der Waals surface area contributed by atoms with Gasteiger partial charge in [0.25, 0.3) is 0 Å². The Hall–Kier alpha value is -1.85. The number of aliphatic carboxylic acids is 2. The van der Waals surface area contributed by atoms with Crippen LogP contribution in [0.2, 0.25) is 0 Å². The van der Waals surface area contributed by atoms with Crippen LogP contribution in [-0.4, -0.2) is 41.7 Å². The Balaban J connectivity index is 0.000000243. The number of carboxylic acids is 2. The highest BCUT2D eigenvalue weighted by molar-refractivity contribution is 5.89. The van der Waals surface area contributed by atoms with Gasteiger partial charge in [-0.15, -0.1) is 0 Å². The van der Waals surface area contributed by atoms with Gasteiger partial charge in [-0.3, -0.25) is 4.99 Å². The predicted octanol–water partition coefficient (Wildman–Crippen LogP) is -0.243. The maximum atomic E-state index is 9.55. The summed E-state index contributed by atoms with van der Waals surface area (Å²) in [5, 5.41) is 15.6. The molecule has 0 spiro atoms. The van der Waals surface area contributed by atoms with Crippen molar-refractivity contribution in [3.8, 4) is 0 Å². The molecule has 2 N–H and O–H groups in total. The third kappa shape index (κ3) is 10.2. The fourth-order valence-electron chi connectivity index (χ4n) is 0.406. The van der Waals surface area contributed by atoms with Crippen molar-refractivity contribution in [2.45, 2.75) is 0 Å². The molecule has 72 valence electrons. The van der Waals surface area contributed by atoms with Crippen LogP contribution < -0.4 is 0 Å². The number of carboxylic acid groups (broad SMARTS) is 2. The van der Waals surface area contributed by atoms with Crippen molar-refractivity contribution < 1.29 is 24.5 Å². The van der Waals surface area contributed by atoms with Crippen LogP contribution in [0.25, 0.3) is 0 Å². The zero-order valence-electron chi connectivity index (χ0n) is 6.71. The summed E-state index contributed by atoms with van der Waals surface area (Å²) in [6, 6.07) is 0. The summed E-state index contributed by atoms with van der Waals surface area (Å²) < 4.78 is 4.65. The average Bonchev–Trinajstić information content (AvgIpc) is 2.57. The number of nitrogens with zero attached hydrogens (tertiary/aromatic N) is 1. The SMILES string of the molecule is C1=NCCO1.O=C(O)/C=C\C(=O)O. The van der Waals surface area contributed by atoms with Gasteiger partial charge in [-0.05, 0) is 0 Å². The van der Waals surface area contributed by atoms with Gasteiger partial charge in [-0.25, -0.2) is 9.59 Å². The largest absolute Gasteiger partial charge is 0.482 e. The summed E-state index contributed by atoms with van der Waals surface area (Å²) in [7, 11) is 0. The summed E-state index contributed by atoms with van der Waals surface area (Å²) in [6.07, 6.45) is 2.60. The van der Waals surface area contributed by atoms with Gasteiger partial charge in [0.2, 0.25) is 0 Å². The lowest BCUT2D eigenvalue weighted by Gasteiger charge is -1.76. The fraction of sp³-hybridized carbons (Fsp3) is 0.286. The van der Waals surface area contributed by atoms with Crippen molar-refractivity contribution >= 4 is 18.3 Å². The van der Waals surface area contributed by atoms with Crippen molar-refractivity contribution in [2.75, 3.05) is 13.2 Å². The Kier molecular flexibility index (Phi) is 5.86. The zero-order valence-corrected chi connectivity index (χ0v) is 6.71. The predicted molar refractivity (Wildman–Crippen MR) is 43.7 cm³/mol. The summed E-state index contributed by atoms with van der Waals surface area (Å²) >= 11 is 0. The van der Waals surface area contributed by atoms with E-state index in [9.17, 15) is 9.59 Å². The van der Waals surface area contributed by atoms with Crippen LogP contribution in [0.1, 0.15) is 0 Å². The van der Waals surface area contributed by atoms with E-state index in [1.165, 1.54) is 6.40 Å². The van der Waals surface area contributed by atoms with Crippen LogP contribution in [0.4, 0.5) is 0 Å². The number of rotatable bonds is 2. The molecule has 1 heterocycles. The maximum Gasteiger partial charge on any atom is 0.328 e. The van der Waals surface area contributed by atoms with Crippen molar-refractivity contribution in [2.24, 2.45) is 4.99 Å². The second-order valence-corrected chi connectivity index (χ2v) is 1.89. The number of hydrogen-bond acceptors (Lipinski definition) is 4. The molecule has 0 aromatic heterocycles. The van der Waals surface area contributed by atoms with Gasteiger partial charge in [-0.2, -0.15) is 0 Å². The molecule has 0 unspecified atom stereocenters. The minimum absolute atomic E-state index is 0.558. The Labute approximate surface area is 74.2 Å². The van der Waals surface area contributed by atoms with Gasteiger partial charge in [0.05, 0.1) is 6.54 Å². The Morgan fingerprint density at radius 2 is 1.85 bits per heavy atom. The van der Waals surface area contributed by atoms with Crippen molar-refractivity contribution in [3.63, 3.8) is 0 Å². The number of ether oxygens (including phenoxy) is 1. The molecule has 0 aromatic rings. The second kappa shape index (κ2) is 6.84. The minimum atomic E-state index is -1.26. The third-order valence-corrected chi connectivity index (χ3v) is 0.856. The smallest absolute Gasteiger partial charge is 0.328 e. The summed E-state index contributed by atoms with van der Waals surface area (Å²) in [6.45, 7) is 1.62. The molecule has 1 aliphatic rings. The molecule has 0 atom stereocenters. The highest BCUT2D eigenvalue weighted by Crippen LogP contribution is 1.78. The molecule has 1 rings (SSSR count). The van der Waals surface area contributed by atoms with Crippen LogP contribution in [-0.2, 0) is 14.3 Å². The molecule has 0 aliphatic carbocycles. The van der Waals surface area contributed by atoms with Crippen LogP contribution in [0.5, 0.6) is 0 Å². The third-order valence-electron chi connectivity index (χ3n) is 0.856. The molecule has 0 saturated heterocycles. The van der Waals surface area contributed by atoms with E-state index in [0.717, 1.165) is 13.2 Å². The molecule has 0 fully saturated rings. The zero-order chi connectivity index (χ0) is 10.1. The Bertz CT molecular complexity index is 211. The molecule has 1 aliphatic heterocycles. The Morgan fingerprint density at radius 3 is 2.00 bits per heavy atom. The van der Waals surface area contributed by atoms with E-state index in [-0.39, 0.29) is 0 Å². The van der Waals surface area contributed by atoms with Crippen LogP contribution >= 0.6 is 0 Å². The molecule has 0 aromatic carbocycles. The normalized spacial score (nSPS) is 13.2. The molecule has 0 amide bonds. The van der Waals surface area contributed by atoms with Gasteiger partial charge in [-0.1, -0.05) is 0 Å². The Morgan fingerprint density at radius 1 is 1.31 bits per heavy atom. The minimum Gasteiger partial charge on any atom is -0.482 e. The van der Waals surface area contributed by atoms with Gasteiger partial charge >= 0.3 is 11.9 Å². The maximum absolute atomic E-state index is 9.55. The molecular weight excluding hydrogens is 178 g/mol. The fourth-order valence-corrected chi connectivity index (χ4v) is 0.406. The lowest BCUT2D eigenvalue weighted by molar-refractivity contribution is -0.134. The van der Waals surface area contributed by atoms with Crippen molar-refractivity contribution in [3.05, 3.63) is 12.2 Å². The van der Waals surface area contributed by atoms with Crippen LogP contribution in [0, 0.1) is 0 Å². The lowest BCUT2D eigenvalue weighted by atomic mass is 10.5. The van der Waals surface area contributed by atoms with Gasteiger partial charge in [0.15, 0.2) is 6.40 Å². The average molecular weight is 187 g/mol. The highest BCUT2D eigenvalue weighted by atomic mass is 16.5. The monoisotopic (exact) mass is 187 g/mol. The van der Waals surface area contributed by atoms with Crippen LogP contribution in [0.15, 0.2) is 17.1 Å². The molecule has 0 bridgehead atoms.